The monoisotopic (exact) mass is 388 g/mol. The number of carbonyl (C=O) groups excluding carboxylic acids is 1. The van der Waals surface area contributed by atoms with Crippen LogP contribution in [0.4, 0.5) is 4.79 Å². The third kappa shape index (κ3) is 6.68. The van der Waals surface area contributed by atoms with Gasteiger partial charge in [0.1, 0.15) is 5.75 Å². The number of rotatable bonds is 9. The zero-order valence-electron chi connectivity index (χ0n) is 16.9. The van der Waals surface area contributed by atoms with Crippen LogP contribution in [0.3, 0.4) is 0 Å². The first-order valence-corrected chi connectivity index (χ1v) is 10.0. The molecule has 0 saturated carbocycles. The van der Waals surface area contributed by atoms with Crippen LogP contribution in [0.15, 0.2) is 84.9 Å². The van der Waals surface area contributed by atoms with Gasteiger partial charge in [-0.3, -0.25) is 0 Å². The Hall–Kier alpha value is -3.27. The standard InChI is InChI=1S/C25H28N2O2/c1-21-11-8-9-16-24(21)29-18-10-17-26-25(28)27(19-22-12-4-2-5-13-22)20-23-14-6-3-7-15-23/h2-9,11-16H,10,17-20H2,1H3,(H,26,28). The van der Waals surface area contributed by atoms with Crippen molar-refractivity contribution in [2.45, 2.75) is 26.4 Å². The Balaban J connectivity index is 1.51. The first kappa shape index (κ1) is 20.5. The summed E-state index contributed by atoms with van der Waals surface area (Å²) in [5.41, 5.74) is 3.34. The number of para-hydroxylation sites is 1. The fourth-order valence-electron chi connectivity index (χ4n) is 3.09. The lowest BCUT2D eigenvalue weighted by Crippen LogP contribution is -2.39. The zero-order valence-corrected chi connectivity index (χ0v) is 16.9. The largest absolute Gasteiger partial charge is 0.493 e. The molecular weight excluding hydrogens is 360 g/mol. The molecule has 0 radical (unpaired) electrons. The maximum absolute atomic E-state index is 12.8. The van der Waals surface area contributed by atoms with Gasteiger partial charge in [0.25, 0.3) is 0 Å². The summed E-state index contributed by atoms with van der Waals surface area (Å²) in [6, 6.07) is 28.0. The minimum Gasteiger partial charge on any atom is -0.493 e. The number of hydrogen-bond donors (Lipinski definition) is 1. The maximum Gasteiger partial charge on any atom is 0.318 e. The third-order valence-electron chi connectivity index (χ3n) is 4.67. The quantitative estimate of drug-likeness (QED) is 0.514. The Bertz CT molecular complexity index is 840. The van der Waals surface area contributed by atoms with Crippen molar-refractivity contribution < 1.29 is 9.53 Å². The van der Waals surface area contributed by atoms with Crippen molar-refractivity contribution in [1.82, 2.24) is 10.2 Å². The van der Waals surface area contributed by atoms with E-state index >= 15 is 0 Å². The summed E-state index contributed by atoms with van der Waals surface area (Å²) >= 11 is 0. The summed E-state index contributed by atoms with van der Waals surface area (Å²) in [5.74, 6) is 0.897. The number of aryl methyl sites for hydroxylation is 1. The van der Waals surface area contributed by atoms with Crippen LogP contribution in [-0.4, -0.2) is 24.1 Å². The van der Waals surface area contributed by atoms with Gasteiger partial charge in [-0.05, 0) is 36.1 Å². The van der Waals surface area contributed by atoms with Gasteiger partial charge >= 0.3 is 6.03 Å². The second kappa shape index (κ2) is 10.9. The molecule has 0 aliphatic heterocycles. The highest BCUT2D eigenvalue weighted by atomic mass is 16.5. The molecule has 3 aromatic rings. The number of urea groups is 1. The average molecular weight is 389 g/mol. The lowest BCUT2D eigenvalue weighted by Gasteiger charge is -2.23. The Kier molecular flexibility index (Phi) is 7.70. The summed E-state index contributed by atoms with van der Waals surface area (Å²) in [6.07, 6.45) is 0.755. The van der Waals surface area contributed by atoms with Crippen molar-refractivity contribution in [2.75, 3.05) is 13.2 Å². The molecule has 4 nitrogen and oxygen atoms in total. The molecule has 0 atom stereocenters. The van der Waals surface area contributed by atoms with Crippen molar-refractivity contribution in [3.8, 4) is 5.75 Å². The average Bonchev–Trinajstić information content (AvgIpc) is 2.75. The van der Waals surface area contributed by atoms with Gasteiger partial charge in [-0.2, -0.15) is 0 Å². The molecule has 2 amide bonds. The van der Waals surface area contributed by atoms with Crippen LogP contribution in [0.2, 0.25) is 0 Å². The molecule has 150 valence electrons. The molecule has 29 heavy (non-hydrogen) atoms. The van der Waals surface area contributed by atoms with Crippen LogP contribution in [-0.2, 0) is 13.1 Å². The summed E-state index contributed by atoms with van der Waals surface area (Å²) in [4.78, 5) is 14.7. The number of benzene rings is 3. The van der Waals surface area contributed by atoms with E-state index in [0.717, 1.165) is 28.9 Å². The first-order chi connectivity index (χ1) is 14.2. The van der Waals surface area contributed by atoms with Crippen molar-refractivity contribution in [1.29, 1.82) is 0 Å². The van der Waals surface area contributed by atoms with Crippen LogP contribution in [0.5, 0.6) is 5.75 Å². The summed E-state index contributed by atoms with van der Waals surface area (Å²) in [6.45, 7) is 4.32. The zero-order chi connectivity index (χ0) is 20.3. The van der Waals surface area contributed by atoms with Crippen LogP contribution in [0.1, 0.15) is 23.1 Å². The van der Waals surface area contributed by atoms with Crippen molar-refractivity contribution in [3.05, 3.63) is 102 Å². The van der Waals surface area contributed by atoms with E-state index in [-0.39, 0.29) is 6.03 Å². The lowest BCUT2D eigenvalue weighted by atomic mass is 10.2. The first-order valence-electron chi connectivity index (χ1n) is 10.0. The fraction of sp³-hybridized carbons (Fsp3) is 0.240. The molecule has 0 spiro atoms. The van der Waals surface area contributed by atoms with Crippen molar-refractivity contribution in [3.63, 3.8) is 0 Å². The number of carbonyl (C=O) groups is 1. The van der Waals surface area contributed by atoms with Gasteiger partial charge in [0.15, 0.2) is 0 Å². The predicted molar refractivity (Wildman–Crippen MR) is 117 cm³/mol. The molecule has 0 aromatic heterocycles. The van der Waals surface area contributed by atoms with Gasteiger partial charge < -0.3 is 15.0 Å². The Labute approximate surface area is 173 Å². The molecule has 0 heterocycles. The molecule has 0 aliphatic carbocycles. The number of ether oxygens (including phenoxy) is 1. The van der Waals surface area contributed by atoms with Crippen LogP contribution in [0.25, 0.3) is 0 Å². The van der Waals surface area contributed by atoms with E-state index in [9.17, 15) is 4.79 Å². The molecule has 4 heteroatoms. The molecule has 0 saturated heterocycles. The van der Waals surface area contributed by atoms with Crippen molar-refractivity contribution in [2.24, 2.45) is 0 Å². The van der Waals surface area contributed by atoms with Gasteiger partial charge in [-0.15, -0.1) is 0 Å². The summed E-state index contributed by atoms with van der Waals surface area (Å²) in [7, 11) is 0. The van der Waals surface area contributed by atoms with E-state index in [0.29, 0.717) is 26.2 Å². The highest BCUT2D eigenvalue weighted by Gasteiger charge is 2.14. The second-order valence-corrected chi connectivity index (χ2v) is 7.03. The second-order valence-electron chi connectivity index (χ2n) is 7.03. The molecule has 3 rings (SSSR count). The van der Waals surface area contributed by atoms with Gasteiger partial charge in [-0.25, -0.2) is 4.79 Å². The highest BCUT2D eigenvalue weighted by Crippen LogP contribution is 2.16. The Morgan fingerprint density at radius 2 is 1.38 bits per heavy atom. The third-order valence-corrected chi connectivity index (χ3v) is 4.67. The molecule has 0 aliphatic rings. The van der Waals surface area contributed by atoms with E-state index in [2.05, 4.69) is 5.32 Å². The smallest absolute Gasteiger partial charge is 0.318 e. The molecule has 0 fully saturated rings. The Morgan fingerprint density at radius 3 is 1.97 bits per heavy atom. The predicted octanol–water partition coefficient (Wildman–Crippen LogP) is 5.18. The minimum atomic E-state index is -0.0615. The molecule has 3 aromatic carbocycles. The van der Waals surface area contributed by atoms with Gasteiger partial charge in [0, 0.05) is 19.6 Å². The number of nitrogens with zero attached hydrogens (tertiary/aromatic N) is 1. The minimum absolute atomic E-state index is 0.0615. The topological polar surface area (TPSA) is 41.6 Å². The van der Waals surface area contributed by atoms with E-state index in [4.69, 9.17) is 4.74 Å². The number of nitrogens with one attached hydrogen (secondary N) is 1. The summed E-state index contributed by atoms with van der Waals surface area (Å²) in [5, 5.41) is 3.03. The van der Waals surface area contributed by atoms with E-state index < -0.39 is 0 Å². The van der Waals surface area contributed by atoms with E-state index in [1.165, 1.54) is 0 Å². The van der Waals surface area contributed by atoms with Gasteiger partial charge in [-0.1, -0.05) is 78.9 Å². The normalized spacial score (nSPS) is 10.4. The van der Waals surface area contributed by atoms with Gasteiger partial charge in [0.05, 0.1) is 6.61 Å². The molecular formula is C25H28N2O2. The molecule has 1 N–H and O–H groups in total. The van der Waals surface area contributed by atoms with Crippen molar-refractivity contribution >= 4 is 6.03 Å². The molecule has 0 unspecified atom stereocenters. The Morgan fingerprint density at radius 1 is 0.828 bits per heavy atom. The number of hydrogen-bond acceptors (Lipinski definition) is 2. The number of amides is 2. The lowest BCUT2D eigenvalue weighted by molar-refractivity contribution is 0.191. The highest BCUT2D eigenvalue weighted by molar-refractivity contribution is 5.74. The van der Waals surface area contributed by atoms with E-state index in [1.807, 2.05) is 96.8 Å². The van der Waals surface area contributed by atoms with Crippen LogP contribution >= 0.6 is 0 Å². The molecule has 0 bridgehead atoms. The maximum atomic E-state index is 12.8. The van der Waals surface area contributed by atoms with Gasteiger partial charge in [0.2, 0.25) is 0 Å². The fourth-order valence-corrected chi connectivity index (χ4v) is 3.09. The summed E-state index contributed by atoms with van der Waals surface area (Å²) < 4.78 is 5.81. The van der Waals surface area contributed by atoms with Crippen LogP contribution < -0.4 is 10.1 Å². The van der Waals surface area contributed by atoms with E-state index in [1.54, 1.807) is 0 Å². The SMILES string of the molecule is Cc1ccccc1OCCCNC(=O)N(Cc1ccccc1)Cc1ccccc1. The van der Waals surface area contributed by atoms with Crippen LogP contribution in [0, 0.1) is 6.92 Å².